The average Bonchev–Trinajstić information content (AvgIpc) is 2.54. The first-order chi connectivity index (χ1) is 11.8. The molecule has 0 saturated heterocycles. The van der Waals surface area contributed by atoms with E-state index in [0.29, 0.717) is 0 Å². The lowest BCUT2D eigenvalue weighted by Crippen LogP contribution is -2.16. The molecular formula is C17H12Cl2FNO4. The number of rotatable bonds is 5. The monoisotopic (exact) mass is 383 g/mol. The Morgan fingerprint density at radius 2 is 1.80 bits per heavy atom. The van der Waals surface area contributed by atoms with Crippen LogP contribution >= 0.6 is 23.2 Å². The van der Waals surface area contributed by atoms with E-state index in [2.05, 4.69) is 5.32 Å². The molecular weight excluding hydrogens is 372 g/mol. The van der Waals surface area contributed by atoms with Crippen LogP contribution < -0.4 is 5.32 Å². The Labute approximate surface area is 152 Å². The van der Waals surface area contributed by atoms with Gasteiger partial charge in [-0.05, 0) is 36.4 Å². The molecule has 5 nitrogen and oxygen atoms in total. The van der Waals surface area contributed by atoms with Crippen molar-refractivity contribution in [3.8, 4) is 0 Å². The van der Waals surface area contributed by atoms with E-state index < -0.39 is 24.2 Å². The molecule has 2 rings (SSSR count). The first-order valence-corrected chi connectivity index (χ1v) is 7.76. The Bertz CT molecular complexity index is 855. The minimum atomic E-state index is -0.832. The van der Waals surface area contributed by atoms with E-state index in [1.165, 1.54) is 37.3 Å². The van der Waals surface area contributed by atoms with Gasteiger partial charge in [0.1, 0.15) is 5.82 Å². The van der Waals surface area contributed by atoms with Gasteiger partial charge in [-0.15, -0.1) is 0 Å². The number of nitrogens with one attached hydrogen (secondary N) is 1. The number of hydrogen-bond acceptors (Lipinski definition) is 4. The molecule has 0 aliphatic carbocycles. The van der Waals surface area contributed by atoms with Crippen molar-refractivity contribution in [2.24, 2.45) is 0 Å². The smallest absolute Gasteiger partial charge is 0.338 e. The number of hydrogen-bond donors (Lipinski definition) is 1. The number of ketones is 1. The fourth-order valence-corrected chi connectivity index (χ4v) is 2.24. The van der Waals surface area contributed by atoms with E-state index in [4.69, 9.17) is 27.9 Å². The summed E-state index contributed by atoms with van der Waals surface area (Å²) in [7, 11) is 0. The average molecular weight is 384 g/mol. The van der Waals surface area contributed by atoms with Crippen molar-refractivity contribution in [2.45, 2.75) is 6.92 Å². The molecule has 0 aliphatic heterocycles. The predicted molar refractivity (Wildman–Crippen MR) is 91.8 cm³/mol. The van der Waals surface area contributed by atoms with Gasteiger partial charge in [0.05, 0.1) is 21.2 Å². The third-order valence-electron chi connectivity index (χ3n) is 3.08. The Balaban J connectivity index is 2.03. The molecule has 2 aromatic rings. The lowest BCUT2D eigenvalue weighted by atomic mass is 10.1. The topological polar surface area (TPSA) is 72.5 Å². The van der Waals surface area contributed by atoms with Gasteiger partial charge in [0, 0.05) is 12.6 Å². The van der Waals surface area contributed by atoms with Gasteiger partial charge in [0.2, 0.25) is 11.7 Å². The fraction of sp³-hybridized carbons (Fsp3) is 0.118. The van der Waals surface area contributed by atoms with Gasteiger partial charge in [0.15, 0.2) is 6.61 Å². The van der Waals surface area contributed by atoms with Crippen LogP contribution in [0.4, 0.5) is 10.1 Å². The molecule has 0 radical (unpaired) electrons. The van der Waals surface area contributed by atoms with E-state index in [0.717, 1.165) is 6.07 Å². The summed E-state index contributed by atoms with van der Waals surface area (Å²) in [6.07, 6.45) is 0. The molecule has 0 saturated carbocycles. The zero-order valence-corrected chi connectivity index (χ0v) is 14.4. The Hall–Kier alpha value is -2.44. The molecule has 1 amide bonds. The van der Waals surface area contributed by atoms with Crippen LogP contribution in [0.3, 0.4) is 0 Å². The Morgan fingerprint density at radius 3 is 2.40 bits per heavy atom. The SMILES string of the molecule is CC(=O)Nc1ccc(C(=O)COC(=O)c2ccc(Cl)c(Cl)c2)c(F)c1. The lowest BCUT2D eigenvalue weighted by Gasteiger charge is -2.07. The minimum absolute atomic E-state index is 0.115. The van der Waals surface area contributed by atoms with Crippen LogP contribution in [-0.4, -0.2) is 24.3 Å². The van der Waals surface area contributed by atoms with Gasteiger partial charge in [-0.25, -0.2) is 9.18 Å². The standard InChI is InChI=1S/C17H12Cl2FNO4/c1-9(22)21-11-3-4-12(15(20)7-11)16(23)8-25-17(24)10-2-5-13(18)14(19)6-10/h2-7H,8H2,1H3,(H,21,22). The van der Waals surface area contributed by atoms with E-state index in [1.54, 1.807) is 0 Å². The number of ether oxygens (including phenoxy) is 1. The van der Waals surface area contributed by atoms with E-state index in [1.807, 2.05) is 0 Å². The fourth-order valence-electron chi connectivity index (χ4n) is 1.94. The zero-order valence-electron chi connectivity index (χ0n) is 12.9. The van der Waals surface area contributed by atoms with Crippen LogP contribution in [-0.2, 0) is 9.53 Å². The van der Waals surface area contributed by atoms with Gasteiger partial charge < -0.3 is 10.1 Å². The summed E-state index contributed by atoms with van der Waals surface area (Å²) >= 11 is 11.6. The van der Waals surface area contributed by atoms with Gasteiger partial charge >= 0.3 is 5.97 Å². The number of carbonyl (C=O) groups is 3. The quantitative estimate of drug-likeness (QED) is 0.622. The van der Waals surface area contributed by atoms with Crippen molar-refractivity contribution in [1.29, 1.82) is 0 Å². The number of carbonyl (C=O) groups excluding carboxylic acids is 3. The highest BCUT2D eigenvalue weighted by molar-refractivity contribution is 6.42. The number of esters is 1. The number of amides is 1. The second-order valence-electron chi connectivity index (χ2n) is 5.00. The van der Waals surface area contributed by atoms with Crippen LogP contribution in [0.15, 0.2) is 36.4 Å². The van der Waals surface area contributed by atoms with Crippen LogP contribution in [0, 0.1) is 5.82 Å². The normalized spacial score (nSPS) is 10.2. The first-order valence-electron chi connectivity index (χ1n) is 7.00. The van der Waals surface area contributed by atoms with Gasteiger partial charge in [-0.3, -0.25) is 9.59 Å². The maximum Gasteiger partial charge on any atom is 0.338 e. The molecule has 0 spiro atoms. The lowest BCUT2D eigenvalue weighted by molar-refractivity contribution is -0.114. The molecule has 0 bridgehead atoms. The third kappa shape index (κ3) is 5.01. The van der Waals surface area contributed by atoms with E-state index in [9.17, 15) is 18.8 Å². The zero-order chi connectivity index (χ0) is 18.6. The maximum absolute atomic E-state index is 14.0. The number of Topliss-reactive ketones (excluding diaryl/α,β-unsaturated/α-hetero) is 1. The highest BCUT2D eigenvalue weighted by Gasteiger charge is 2.16. The molecule has 0 unspecified atom stereocenters. The van der Waals surface area contributed by atoms with E-state index in [-0.39, 0.29) is 32.8 Å². The second kappa shape index (κ2) is 8.09. The summed E-state index contributed by atoms with van der Waals surface area (Å²) in [6, 6.07) is 7.70. The summed E-state index contributed by atoms with van der Waals surface area (Å²) in [5.74, 6) is -2.71. The van der Waals surface area contributed by atoms with Crippen molar-refractivity contribution in [3.05, 3.63) is 63.4 Å². The number of anilines is 1. The summed E-state index contributed by atoms with van der Waals surface area (Å²) in [5, 5.41) is 2.84. The number of halogens is 3. The number of benzene rings is 2. The van der Waals surface area contributed by atoms with Crippen molar-refractivity contribution in [1.82, 2.24) is 0 Å². The minimum Gasteiger partial charge on any atom is -0.454 e. The largest absolute Gasteiger partial charge is 0.454 e. The van der Waals surface area contributed by atoms with Crippen molar-refractivity contribution >= 4 is 46.5 Å². The summed E-state index contributed by atoms with van der Waals surface area (Å²) in [5.41, 5.74) is 0.0778. The molecule has 0 aromatic heterocycles. The van der Waals surface area contributed by atoms with Crippen molar-refractivity contribution in [2.75, 3.05) is 11.9 Å². The summed E-state index contributed by atoms with van der Waals surface area (Å²) in [4.78, 5) is 34.8. The van der Waals surface area contributed by atoms with Crippen molar-refractivity contribution in [3.63, 3.8) is 0 Å². The third-order valence-corrected chi connectivity index (χ3v) is 3.82. The highest BCUT2D eigenvalue weighted by atomic mass is 35.5. The highest BCUT2D eigenvalue weighted by Crippen LogP contribution is 2.23. The van der Waals surface area contributed by atoms with Gasteiger partial charge in [-0.1, -0.05) is 23.2 Å². The Kier molecular flexibility index (Phi) is 6.12. The van der Waals surface area contributed by atoms with Crippen LogP contribution in [0.1, 0.15) is 27.6 Å². The van der Waals surface area contributed by atoms with Crippen molar-refractivity contribution < 1.29 is 23.5 Å². The van der Waals surface area contributed by atoms with Gasteiger partial charge in [0.25, 0.3) is 0 Å². The van der Waals surface area contributed by atoms with Crippen LogP contribution in [0.5, 0.6) is 0 Å². The molecule has 25 heavy (non-hydrogen) atoms. The van der Waals surface area contributed by atoms with Crippen LogP contribution in [0.25, 0.3) is 0 Å². The maximum atomic E-state index is 14.0. The van der Waals surface area contributed by atoms with Gasteiger partial charge in [-0.2, -0.15) is 0 Å². The molecule has 8 heteroatoms. The molecule has 130 valence electrons. The second-order valence-corrected chi connectivity index (χ2v) is 5.82. The van der Waals surface area contributed by atoms with E-state index >= 15 is 0 Å². The molecule has 0 atom stereocenters. The summed E-state index contributed by atoms with van der Waals surface area (Å²) in [6.45, 7) is 0.634. The first kappa shape index (κ1) is 18.9. The molecule has 0 fully saturated rings. The molecule has 2 aromatic carbocycles. The van der Waals surface area contributed by atoms with Crippen LogP contribution in [0.2, 0.25) is 10.0 Å². The Morgan fingerprint density at radius 1 is 1.08 bits per heavy atom. The molecule has 1 N–H and O–H groups in total. The summed E-state index contributed by atoms with van der Waals surface area (Å²) < 4.78 is 18.8. The predicted octanol–water partition coefficient (Wildman–Crippen LogP) is 4.13. The molecule has 0 heterocycles. The molecule has 0 aliphatic rings.